The Balaban J connectivity index is 0.000000583. The number of benzene rings is 1. The molecule has 0 aliphatic rings. The molecule has 0 aliphatic heterocycles. The van der Waals surface area contributed by atoms with Crippen LogP contribution in [0, 0.1) is 0 Å². The molecule has 1 rings (SSSR count). The number of carbonyl (C=O) groups is 1. The van der Waals surface area contributed by atoms with Gasteiger partial charge in [0.15, 0.2) is 0 Å². The average Bonchev–Trinajstić information content (AvgIpc) is 2.18. The quantitative estimate of drug-likeness (QED) is 0.711. The van der Waals surface area contributed by atoms with E-state index in [9.17, 15) is 13.2 Å². The van der Waals surface area contributed by atoms with Gasteiger partial charge in [0, 0.05) is 6.54 Å². The molecule has 0 bridgehead atoms. The number of halogens is 3. The standard InChI is InChI=1S/C8H8F3N.CH2O2/c9-8(10,11)7-3-1-6(5-12)2-4-7;2-1-3/h1-4H,5,12H2;1H,(H,2,3). The van der Waals surface area contributed by atoms with E-state index < -0.39 is 11.7 Å². The van der Waals surface area contributed by atoms with E-state index in [0.29, 0.717) is 5.56 Å². The molecule has 1 aromatic carbocycles. The van der Waals surface area contributed by atoms with Crippen LogP contribution in [-0.4, -0.2) is 11.6 Å². The van der Waals surface area contributed by atoms with Crippen molar-refractivity contribution in [2.45, 2.75) is 12.7 Å². The molecule has 0 saturated carbocycles. The first-order valence-electron chi connectivity index (χ1n) is 3.89. The van der Waals surface area contributed by atoms with Crippen LogP contribution in [0.4, 0.5) is 13.2 Å². The first-order chi connectivity index (χ1) is 6.95. The number of nitrogens with two attached hydrogens (primary N) is 1. The molecule has 0 radical (unpaired) electrons. The summed E-state index contributed by atoms with van der Waals surface area (Å²) in [5, 5.41) is 6.89. The smallest absolute Gasteiger partial charge is 0.416 e. The number of hydrogen-bond donors (Lipinski definition) is 2. The van der Waals surface area contributed by atoms with Gasteiger partial charge >= 0.3 is 6.18 Å². The summed E-state index contributed by atoms with van der Waals surface area (Å²) in [5.41, 5.74) is 5.29. The Morgan fingerprint density at radius 3 is 1.93 bits per heavy atom. The van der Waals surface area contributed by atoms with E-state index in [-0.39, 0.29) is 13.0 Å². The molecule has 0 heterocycles. The summed E-state index contributed by atoms with van der Waals surface area (Å²) in [7, 11) is 0. The zero-order valence-electron chi connectivity index (χ0n) is 7.66. The Morgan fingerprint density at radius 2 is 1.67 bits per heavy atom. The predicted molar refractivity (Wildman–Crippen MR) is 48.0 cm³/mol. The van der Waals surface area contributed by atoms with Crippen LogP contribution >= 0.6 is 0 Å². The second-order valence-electron chi connectivity index (χ2n) is 2.50. The minimum absolute atomic E-state index is 0.250. The van der Waals surface area contributed by atoms with Crippen molar-refractivity contribution in [3.8, 4) is 0 Å². The van der Waals surface area contributed by atoms with E-state index in [1.807, 2.05) is 0 Å². The highest BCUT2D eigenvalue weighted by molar-refractivity contribution is 5.32. The maximum Gasteiger partial charge on any atom is 0.416 e. The van der Waals surface area contributed by atoms with Gasteiger partial charge in [0.25, 0.3) is 6.47 Å². The average molecular weight is 221 g/mol. The van der Waals surface area contributed by atoms with Crippen molar-refractivity contribution >= 4 is 6.47 Å². The maximum atomic E-state index is 12.0. The first kappa shape index (κ1) is 13.4. The van der Waals surface area contributed by atoms with Crippen LogP contribution in [0.2, 0.25) is 0 Å². The Hall–Kier alpha value is -1.56. The molecule has 0 atom stereocenters. The van der Waals surface area contributed by atoms with Crippen molar-refractivity contribution in [3.05, 3.63) is 35.4 Å². The van der Waals surface area contributed by atoms with Crippen LogP contribution in [0.25, 0.3) is 0 Å². The monoisotopic (exact) mass is 221 g/mol. The lowest BCUT2D eigenvalue weighted by atomic mass is 10.1. The lowest BCUT2D eigenvalue weighted by molar-refractivity contribution is -0.137. The van der Waals surface area contributed by atoms with Crippen molar-refractivity contribution in [1.82, 2.24) is 0 Å². The Bertz CT molecular complexity index is 295. The minimum atomic E-state index is -4.26. The minimum Gasteiger partial charge on any atom is -0.483 e. The van der Waals surface area contributed by atoms with E-state index in [2.05, 4.69) is 0 Å². The highest BCUT2D eigenvalue weighted by atomic mass is 19.4. The third-order valence-corrected chi connectivity index (χ3v) is 1.52. The number of rotatable bonds is 1. The Morgan fingerprint density at radius 1 is 1.27 bits per heavy atom. The van der Waals surface area contributed by atoms with Gasteiger partial charge < -0.3 is 10.8 Å². The molecule has 0 spiro atoms. The van der Waals surface area contributed by atoms with E-state index in [0.717, 1.165) is 12.1 Å². The summed E-state index contributed by atoms with van der Waals surface area (Å²) >= 11 is 0. The van der Waals surface area contributed by atoms with E-state index in [1.165, 1.54) is 12.1 Å². The number of carboxylic acid groups (broad SMARTS) is 1. The van der Waals surface area contributed by atoms with Gasteiger partial charge in [0.1, 0.15) is 0 Å². The molecule has 3 N–H and O–H groups in total. The summed E-state index contributed by atoms with van der Waals surface area (Å²) in [4.78, 5) is 8.36. The molecule has 0 amide bonds. The molecule has 84 valence electrons. The zero-order chi connectivity index (χ0) is 11.9. The molecule has 0 unspecified atom stereocenters. The van der Waals surface area contributed by atoms with Crippen LogP contribution in [0.5, 0.6) is 0 Å². The van der Waals surface area contributed by atoms with Gasteiger partial charge in [-0.1, -0.05) is 12.1 Å². The third-order valence-electron chi connectivity index (χ3n) is 1.52. The van der Waals surface area contributed by atoms with Gasteiger partial charge in [0.2, 0.25) is 0 Å². The highest BCUT2D eigenvalue weighted by Crippen LogP contribution is 2.28. The third kappa shape index (κ3) is 5.02. The van der Waals surface area contributed by atoms with Crippen molar-refractivity contribution in [2.75, 3.05) is 0 Å². The fraction of sp³-hybridized carbons (Fsp3) is 0.222. The van der Waals surface area contributed by atoms with Crippen molar-refractivity contribution in [2.24, 2.45) is 5.73 Å². The molecule has 0 saturated heterocycles. The van der Waals surface area contributed by atoms with Crippen LogP contribution in [0.1, 0.15) is 11.1 Å². The summed E-state index contributed by atoms with van der Waals surface area (Å²) < 4.78 is 36.0. The van der Waals surface area contributed by atoms with Crippen molar-refractivity contribution in [3.63, 3.8) is 0 Å². The fourth-order valence-electron chi connectivity index (χ4n) is 0.830. The lowest BCUT2D eigenvalue weighted by Crippen LogP contribution is -2.05. The Labute approximate surface area is 84.3 Å². The lowest BCUT2D eigenvalue weighted by Gasteiger charge is -2.06. The zero-order valence-corrected chi connectivity index (χ0v) is 7.66. The van der Waals surface area contributed by atoms with Crippen LogP contribution < -0.4 is 5.73 Å². The predicted octanol–water partition coefficient (Wildman–Crippen LogP) is 1.86. The Kier molecular flexibility index (Phi) is 5.40. The highest BCUT2D eigenvalue weighted by Gasteiger charge is 2.29. The van der Waals surface area contributed by atoms with Crippen molar-refractivity contribution < 1.29 is 23.1 Å². The van der Waals surface area contributed by atoms with Gasteiger partial charge in [-0.25, -0.2) is 0 Å². The van der Waals surface area contributed by atoms with Crippen molar-refractivity contribution in [1.29, 1.82) is 0 Å². The van der Waals surface area contributed by atoms with E-state index in [1.54, 1.807) is 0 Å². The van der Waals surface area contributed by atoms with Crippen LogP contribution in [-0.2, 0) is 17.5 Å². The largest absolute Gasteiger partial charge is 0.483 e. The summed E-state index contributed by atoms with van der Waals surface area (Å²) in [6.45, 7) is 0.0120. The summed E-state index contributed by atoms with van der Waals surface area (Å²) in [6, 6.07) is 4.82. The van der Waals surface area contributed by atoms with Gasteiger partial charge in [0.05, 0.1) is 5.56 Å². The van der Waals surface area contributed by atoms with Gasteiger partial charge in [-0.05, 0) is 17.7 Å². The molecular formula is C9H10F3NO2. The number of hydrogen-bond acceptors (Lipinski definition) is 2. The normalized spacial score (nSPS) is 10.1. The molecular weight excluding hydrogens is 211 g/mol. The second-order valence-corrected chi connectivity index (χ2v) is 2.50. The van der Waals surface area contributed by atoms with E-state index in [4.69, 9.17) is 15.6 Å². The topological polar surface area (TPSA) is 63.3 Å². The molecule has 1 aromatic rings. The molecule has 3 nitrogen and oxygen atoms in total. The van der Waals surface area contributed by atoms with Gasteiger partial charge in [-0.15, -0.1) is 0 Å². The maximum absolute atomic E-state index is 12.0. The van der Waals surface area contributed by atoms with Gasteiger partial charge in [-0.3, -0.25) is 4.79 Å². The molecule has 6 heteroatoms. The van der Waals surface area contributed by atoms with E-state index >= 15 is 0 Å². The molecule has 0 fully saturated rings. The number of alkyl halides is 3. The van der Waals surface area contributed by atoms with Gasteiger partial charge in [-0.2, -0.15) is 13.2 Å². The van der Waals surface area contributed by atoms with Crippen LogP contribution in [0.3, 0.4) is 0 Å². The molecule has 0 aliphatic carbocycles. The first-order valence-corrected chi connectivity index (χ1v) is 3.89. The summed E-state index contributed by atoms with van der Waals surface area (Å²) in [5.74, 6) is 0. The second kappa shape index (κ2) is 6.02. The summed E-state index contributed by atoms with van der Waals surface area (Å²) in [6.07, 6.45) is -4.26. The fourth-order valence-corrected chi connectivity index (χ4v) is 0.830. The molecule has 15 heavy (non-hydrogen) atoms. The molecule has 0 aromatic heterocycles. The SMILES string of the molecule is NCc1ccc(C(F)(F)F)cc1.O=CO. The van der Waals surface area contributed by atoms with Crippen LogP contribution in [0.15, 0.2) is 24.3 Å².